The van der Waals surface area contributed by atoms with E-state index in [-0.39, 0.29) is 0 Å². The molecule has 0 spiro atoms. The van der Waals surface area contributed by atoms with Gasteiger partial charge in [-0.05, 0) is 0 Å². The molecule has 0 fully saturated rings. The van der Waals surface area contributed by atoms with Crippen LogP contribution in [0.1, 0.15) is 0 Å². The van der Waals surface area contributed by atoms with Gasteiger partial charge in [0.15, 0.2) is 0 Å². The van der Waals surface area contributed by atoms with Gasteiger partial charge in [-0.1, -0.05) is 0 Å². The summed E-state index contributed by atoms with van der Waals surface area (Å²) in [5.41, 5.74) is 0. The molecule has 0 aliphatic carbocycles. The van der Waals surface area contributed by atoms with Crippen molar-refractivity contribution in [3.63, 3.8) is 0 Å². The minimum absolute atomic E-state index is 0.450. The van der Waals surface area contributed by atoms with Crippen molar-refractivity contribution in [2.45, 2.75) is 18.3 Å². The van der Waals surface area contributed by atoms with Gasteiger partial charge in [0.2, 0.25) is 0 Å². The van der Waals surface area contributed by atoms with Crippen molar-refractivity contribution in [3.8, 4) is 0 Å². The molecule has 0 aromatic rings. The summed E-state index contributed by atoms with van der Waals surface area (Å²) in [5.74, 6) is -11.1. The molecule has 0 aromatic carbocycles. The Bertz CT molecular complexity index is 153. The lowest BCUT2D eigenvalue weighted by molar-refractivity contribution is -0.232. The van der Waals surface area contributed by atoms with Crippen LogP contribution in [0.15, 0.2) is 0 Å². The van der Waals surface area contributed by atoms with E-state index in [9.17, 15) is 26.3 Å². The van der Waals surface area contributed by atoms with E-state index in [1.54, 1.807) is 0 Å². The number of carbonyl (C=O) groups excluding carboxylic acids is 1. The van der Waals surface area contributed by atoms with Crippen molar-refractivity contribution in [1.29, 1.82) is 0 Å². The van der Waals surface area contributed by atoms with Gasteiger partial charge in [0.1, 0.15) is 0 Å². The fourth-order valence-corrected chi connectivity index (χ4v) is 0.205. The van der Waals surface area contributed by atoms with Crippen molar-refractivity contribution in [2.24, 2.45) is 0 Å². The summed E-state index contributed by atoms with van der Waals surface area (Å²) in [6.45, 7) is 0. The van der Waals surface area contributed by atoms with Gasteiger partial charge in [0, 0.05) is 0 Å². The number of alkyl halides is 6. The summed E-state index contributed by atoms with van der Waals surface area (Å²) in [6, 6.07) is 0. The molecule has 0 heterocycles. The molecule has 0 aromatic heterocycles. The lowest BCUT2D eigenvalue weighted by Crippen LogP contribution is -2.47. The molecule has 1 radical (unpaired) electrons. The summed E-state index contributed by atoms with van der Waals surface area (Å²) in [6.07, 6.45) is -5.03. The molecule has 0 atom stereocenters. The molecule has 0 N–H and O–H groups in total. The first-order chi connectivity index (χ1) is 4.75. The van der Waals surface area contributed by atoms with E-state index < -0.39 is 24.6 Å². The van der Waals surface area contributed by atoms with Gasteiger partial charge in [0.05, 0.1) is 0 Å². The third-order valence-corrected chi connectivity index (χ3v) is 0.821. The predicted octanol–water partition coefficient (Wildman–Crippen LogP) is 1.63. The standard InChI is InChI=1S/C4HF6O/c5-2(6)4(9,10)3(7,8)1-11/h2H. The summed E-state index contributed by atoms with van der Waals surface area (Å²) in [4.78, 5) is 9.09. The first-order valence-corrected chi connectivity index (χ1v) is 2.19. The van der Waals surface area contributed by atoms with Crippen LogP contribution < -0.4 is 0 Å². The third-order valence-electron chi connectivity index (χ3n) is 0.821. The predicted molar refractivity (Wildman–Crippen MR) is 21.6 cm³/mol. The Kier molecular flexibility index (Phi) is 2.52. The van der Waals surface area contributed by atoms with Crippen molar-refractivity contribution < 1.29 is 31.1 Å². The normalized spacial score (nSPS) is 13.7. The Labute approximate surface area is 57.0 Å². The molecule has 0 bridgehead atoms. The zero-order valence-electron chi connectivity index (χ0n) is 4.75. The van der Waals surface area contributed by atoms with E-state index in [0.29, 0.717) is 0 Å². The Balaban J connectivity index is 4.66. The quantitative estimate of drug-likeness (QED) is 0.601. The van der Waals surface area contributed by atoms with Crippen LogP contribution in [0.5, 0.6) is 0 Å². The van der Waals surface area contributed by atoms with Gasteiger partial charge in [-0.2, -0.15) is 17.6 Å². The Morgan fingerprint density at radius 2 is 1.45 bits per heavy atom. The third kappa shape index (κ3) is 1.63. The molecular formula is C4HF6O. The highest BCUT2D eigenvalue weighted by Crippen LogP contribution is 2.37. The number of rotatable bonds is 3. The first-order valence-electron chi connectivity index (χ1n) is 2.19. The zero-order valence-corrected chi connectivity index (χ0v) is 4.75. The molecule has 0 amide bonds. The fourth-order valence-electron chi connectivity index (χ4n) is 0.205. The van der Waals surface area contributed by atoms with E-state index in [1.807, 2.05) is 0 Å². The topological polar surface area (TPSA) is 17.1 Å². The maximum atomic E-state index is 11.6. The van der Waals surface area contributed by atoms with Crippen molar-refractivity contribution in [2.75, 3.05) is 0 Å². The number of hydrogen-bond acceptors (Lipinski definition) is 1. The molecule has 0 aliphatic heterocycles. The highest BCUT2D eigenvalue weighted by atomic mass is 19.3. The smallest absolute Gasteiger partial charge is 0.283 e. The molecule has 0 saturated heterocycles. The average molecular weight is 179 g/mol. The lowest BCUT2D eigenvalue weighted by Gasteiger charge is -2.19. The SMILES string of the molecule is O=[C]C(F)(F)C(F)(F)C(F)F. The Morgan fingerprint density at radius 1 is 1.09 bits per heavy atom. The zero-order chi connectivity index (χ0) is 9.28. The average Bonchev–Trinajstić information content (AvgIpc) is 1.87. The van der Waals surface area contributed by atoms with E-state index >= 15 is 0 Å². The van der Waals surface area contributed by atoms with Gasteiger partial charge in [-0.25, -0.2) is 8.78 Å². The Morgan fingerprint density at radius 3 is 1.55 bits per heavy atom. The van der Waals surface area contributed by atoms with Crippen molar-refractivity contribution >= 4 is 6.29 Å². The maximum absolute atomic E-state index is 11.6. The van der Waals surface area contributed by atoms with Crippen LogP contribution in [0, 0.1) is 0 Å². The molecule has 0 unspecified atom stereocenters. The monoisotopic (exact) mass is 179 g/mol. The van der Waals surface area contributed by atoms with Crippen molar-refractivity contribution in [1.82, 2.24) is 0 Å². The largest absolute Gasteiger partial charge is 0.380 e. The van der Waals surface area contributed by atoms with Gasteiger partial charge in [0.25, 0.3) is 6.29 Å². The summed E-state index contributed by atoms with van der Waals surface area (Å²) in [7, 11) is 0. The van der Waals surface area contributed by atoms with Crippen LogP contribution >= 0.6 is 0 Å². The lowest BCUT2D eigenvalue weighted by atomic mass is 10.2. The molecule has 1 nitrogen and oxygen atoms in total. The van der Waals surface area contributed by atoms with Gasteiger partial charge in [-0.15, -0.1) is 0 Å². The van der Waals surface area contributed by atoms with E-state index in [4.69, 9.17) is 4.79 Å². The van der Waals surface area contributed by atoms with Crippen LogP contribution in [-0.4, -0.2) is 24.6 Å². The molecule has 0 rings (SSSR count). The van der Waals surface area contributed by atoms with E-state index in [2.05, 4.69) is 0 Å². The number of hydrogen-bond donors (Lipinski definition) is 0. The minimum Gasteiger partial charge on any atom is -0.283 e. The maximum Gasteiger partial charge on any atom is 0.380 e. The van der Waals surface area contributed by atoms with E-state index in [0.717, 1.165) is 0 Å². The second-order valence-electron chi connectivity index (χ2n) is 1.60. The van der Waals surface area contributed by atoms with Gasteiger partial charge in [-0.3, -0.25) is 4.79 Å². The molecule has 0 saturated carbocycles. The van der Waals surface area contributed by atoms with E-state index in [1.165, 1.54) is 0 Å². The molecule has 0 aliphatic rings. The highest BCUT2D eigenvalue weighted by molar-refractivity contribution is 5.62. The molecule has 65 valence electrons. The summed E-state index contributed by atoms with van der Waals surface area (Å²) in [5, 5.41) is 0. The van der Waals surface area contributed by atoms with Crippen LogP contribution in [0.25, 0.3) is 0 Å². The second-order valence-corrected chi connectivity index (χ2v) is 1.60. The minimum atomic E-state index is -5.64. The van der Waals surface area contributed by atoms with Crippen LogP contribution in [0.2, 0.25) is 0 Å². The molecule has 7 heteroatoms. The fraction of sp³-hybridized carbons (Fsp3) is 0.750. The van der Waals surface area contributed by atoms with Gasteiger partial charge < -0.3 is 0 Å². The first kappa shape index (κ1) is 10.2. The molecular weight excluding hydrogens is 178 g/mol. The van der Waals surface area contributed by atoms with Crippen LogP contribution in [-0.2, 0) is 4.79 Å². The van der Waals surface area contributed by atoms with Gasteiger partial charge >= 0.3 is 18.3 Å². The summed E-state index contributed by atoms with van der Waals surface area (Å²) < 4.78 is 68.4. The summed E-state index contributed by atoms with van der Waals surface area (Å²) >= 11 is 0. The van der Waals surface area contributed by atoms with Crippen LogP contribution in [0.4, 0.5) is 26.3 Å². The molecule has 11 heavy (non-hydrogen) atoms. The Hall–Kier alpha value is -0.750. The van der Waals surface area contributed by atoms with Crippen molar-refractivity contribution in [3.05, 3.63) is 0 Å². The highest BCUT2D eigenvalue weighted by Gasteiger charge is 2.63. The van der Waals surface area contributed by atoms with Crippen LogP contribution in [0.3, 0.4) is 0 Å². The second kappa shape index (κ2) is 2.71. The number of halogens is 6.